The van der Waals surface area contributed by atoms with Gasteiger partial charge in [0.1, 0.15) is 18.3 Å². The van der Waals surface area contributed by atoms with Gasteiger partial charge in [-0.15, -0.1) is 0 Å². The second-order valence-corrected chi connectivity index (χ2v) is 2.92. The van der Waals surface area contributed by atoms with Crippen LogP contribution in [0.2, 0.25) is 0 Å². The first-order valence-corrected chi connectivity index (χ1v) is 3.66. The summed E-state index contributed by atoms with van der Waals surface area (Å²) >= 11 is 0. The van der Waals surface area contributed by atoms with Crippen LogP contribution >= 0.6 is 0 Å². The molecular weight excluding hydrogens is 184 g/mol. The number of aliphatic hydroxyl groups is 6. The molecule has 78 valence electrons. The summed E-state index contributed by atoms with van der Waals surface area (Å²) in [7, 11) is 0. The summed E-state index contributed by atoms with van der Waals surface area (Å²) in [5.41, 5.74) is 0. The van der Waals surface area contributed by atoms with Crippen LogP contribution < -0.4 is 0 Å². The molecule has 7 heteroatoms. The number of hydrogen-bond acceptors (Lipinski definition) is 7. The highest BCUT2D eigenvalue weighted by atomic mass is 16.7. The Kier molecular flexibility index (Phi) is 2.88. The Balaban J connectivity index is 2.82. The quantitative estimate of drug-likeness (QED) is 0.236. The largest absolute Gasteiger partial charge is 0.393 e. The van der Waals surface area contributed by atoms with E-state index in [4.69, 9.17) is 30.6 Å². The molecule has 1 rings (SSSR count). The minimum Gasteiger partial charge on any atom is -0.393 e. The van der Waals surface area contributed by atoms with Crippen LogP contribution in [0.5, 0.6) is 0 Å². The van der Waals surface area contributed by atoms with Crippen LogP contribution in [-0.2, 0) is 4.74 Å². The fourth-order valence-corrected chi connectivity index (χ4v) is 1.12. The predicted molar refractivity (Wildman–Crippen MR) is 37.1 cm³/mol. The topological polar surface area (TPSA) is 131 Å². The van der Waals surface area contributed by atoms with Gasteiger partial charge in [0.15, 0.2) is 6.29 Å². The molecule has 0 aromatic heterocycles. The van der Waals surface area contributed by atoms with E-state index in [-0.39, 0.29) is 0 Å². The van der Waals surface area contributed by atoms with Crippen molar-refractivity contribution in [2.45, 2.75) is 30.4 Å². The Labute approximate surface area is 73.4 Å². The second kappa shape index (κ2) is 3.46. The van der Waals surface area contributed by atoms with Crippen LogP contribution in [0.4, 0.5) is 0 Å². The van der Waals surface area contributed by atoms with E-state index in [1.807, 2.05) is 0 Å². The van der Waals surface area contributed by atoms with Gasteiger partial charge in [-0.05, 0) is 0 Å². The van der Waals surface area contributed by atoms with Gasteiger partial charge in [-0.3, -0.25) is 0 Å². The number of rotatable bonds is 1. The van der Waals surface area contributed by atoms with E-state index < -0.39 is 37.0 Å². The van der Waals surface area contributed by atoms with Gasteiger partial charge in [0.25, 0.3) is 0 Å². The van der Waals surface area contributed by atoms with E-state index in [0.29, 0.717) is 0 Å². The van der Waals surface area contributed by atoms with Crippen molar-refractivity contribution in [1.29, 1.82) is 0 Å². The fraction of sp³-hybridized carbons (Fsp3) is 1.00. The molecule has 4 atom stereocenters. The van der Waals surface area contributed by atoms with Crippen molar-refractivity contribution in [3.63, 3.8) is 0 Å². The minimum absolute atomic E-state index is 0.798. The van der Waals surface area contributed by atoms with E-state index in [1.165, 1.54) is 0 Å². The normalized spacial score (nSPS) is 44.8. The van der Waals surface area contributed by atoms with Gasteiger partial charge in [-0.25, -0.2) is 0 Å². The Morgan fingerprint density at radius 2 is 1.69 bits per heavy atom. The van der Waals surface area contributed by atoms with E-state index >= 15 is 0 Å². The van der Waals surface area contributed by atoms with Gasteiger partial charge < -0.3 is 35.4 Å². The first-order chi connectivity index (χ1) is 5.91. The molecule has 1 heterocycles. The summed E-state index contributed by atoms with van der Waals surface area (Å²) in [4.78, 5) is 0. The second-order valence-electron chi connectivity index (χ2n) is 2.92. The summed E-state index contributed by atoms with van der Waals surface area (Å²) in [6, 6.07) is 0. The third-order valence-electron chi connectivity index (χ3n) is 1.99. The lowest BCUT2D eigenvalue weighted by molar-refractivity contribution is -0.380. The maximum absolute atomic E-state index is 9.14. The molecular formula is C6H12O7. The first-order valence-electron chi connectivity index (χ1n) is 3.66. The molecule has 0 saturated carbocycles. The maximum atomic E-state index is 9.14. The summed E-state index contributed by atoms with van der Waals surface area (Å²) in [5.74, 6) is -2.77. The molecule has 0 radical (unpaired) electrons. The molecule has 0 aromatic rings. The lowest BCUT2D eigenvalue weighted by Crippen LogP contribution is -2.66. The van der Waals surface area contributed by atoms with Gasteiger partial charge >= 0.3 is 0 Å². The average molecular weight is 196 g/mol. The molecule has 13 heavy (non-hydrogen) atoms. The van der Waals surface area contributed by atoms with Crippen LogP contribution in [0.15, 0.2) is 0 Å². The molecule has 7 nitrogen and oxygen atoms in total. The van der Waals surface area contributed by atoms with Gasteiger partial charge in [-0.2, -0.15) is 0 Å². The molecule has 1 aliphatic rings. The van der Waals surface area contributed by atoms with E-state index in [9.17, 15) is 0 Å². The standard InChI is InChI=1S/C6H12O7/c7-1-2-6(11,12)4(9)3(8)5(10)13-2/h2-5,7-12H,1H2/t2-,3-,4-,5?/m1/s1. The monoisotopic (exact) mass is 196 g/mol. The summed E-state index contributed by atoms with van der Waals surface area (Å²) < 4.78 is 4.43. The zero-order valence-corrected chi connectivity index (χ0v) is 6.61. The van der Waals surface area contributed by atoms with Gasteiger partial charge in [-0.1, -0.05) is 0 Å². The van der Waals surface area contributed by atoms with Crippen molar-refractivity contribution >= 4 is 0 Å². The molecule has 6 N–H and O–H groups in total. The minimum atomic E-state index is -2.77. The molecule has 1 aliphatic heterocycles. The Hall–Kier alpha value is -0.280. The summed E-state index contributed by atoms with van der Waals surface area (Å²) in [5, 5.41) is 53.8. The molecule has 0 aliphatic carbocycles. The van der Waals surface area contributed by atoms with Gasteiger partial charge in [0.2, 0.25) is 5.79 Å². The zero-order valence-electron chi connectivity index (χ0n) is 6.61. The zero-order chi connectivity index (χ0) is 10.2. The molecule has 0 amide bonds. The fourth-order valence-electron chi connectivity index (χ4n) is 1.12. The van der Waals surface area contributed by atoms with E-state index in [0.717, 1.165) is 0 Å². The highest BCUT2D eigenvalue weighted by molar-refractivity contribution is 4.93. The van der Waals surface area contributed by atoms with Crippen LogP contribution in [-0.4, -0.2) is 67.6 Å². The maximum Gasteiger partial charge on any atom is 0.221 e. The van der Waals surface area contributed by atoms with Crippen LogP contribution in [0.1, 0.15) is 0 Å². The Morgan fingerprint density at radius 1 is 1.15 bits per heavy atom. The number of ether oxygens (including phenoxy) is 1. The molecule has 0 spiro atoms. The lowest BCUT2D eigenvalue weighted by atomic mass is 9.95. The van der Waals surface area contributed by atoms with Crippen molar-refractivity contribution < 1.29 is 35.4 Å². The van der Waals surface area contributed by atoms with Crippen molar-refractivity contribution in [2.75, 3.05) is 6.61 Å². The van der Waals surface area contributed by atoms with Crippen LogP contribution in [0.3, 0.4) is 0 Å². The molecule has 1 fully saturated rings. The van der Waals surface area contributed by atoms with Crippen molar-refractivity contribution in [3.05, 3.63) is 0 Å². The summed E-state index contributed by atoms with van der Waals surface area (Å²) in [6.07, 6.45) is -7.12. The first kappa shape index (κ1) is 10.8. The number of aliphatic hydroxyl groups excluding tert-OH is 4. The SMILES string of the molecule is OC[C@H]1OC(O)[C@H](O)[C@@H](O)C1(O)O. The van der Waals surface area contributed by atoms with Crippen molar-refractivity contribution in [3.8, 4) is 0 Å². The predicted octanol–water partition coefficient (Wildman–Crippen LogP) is -3.90. The molecule has 1 saturated heterocycles. The summed E-state index contributed by atoms with van der Waals surface area (Å²) in [6.45, 7) is -0.798. The molecule has 1 unspecified atom stereocenters. The average Bonchev–Trinajstić information content (AvgIpc) is 2.08. The lowest BCUT2D eigenvalue weighted by Gasteiger charge is -2.42. The smallest absolute Gasteiger partial charge is 0.221 e. The highest BCUT2D eigenvalue weighted by Gasteiger charge is 2.53. The van der Waals surface area contributed by atoms with Gasteiger partial charge in [0, 0.05) is 0 Å². The van der Waals surface area contributed by atoms with Crippen LogP contribution in [0, 0.1) is 0 Å². The van der Waals surface area contributed by atoms with Crippen molar-refractivity contribution in [2.24, 2.45) is 0 Å². The third-order valence-corrected chi connectivity index (χ3v) is 1.99. The third kappa shape index (κ3) is 1.67. The number of hydrogen-bond donors (Lipinski definition) is 6. The van der Waals surface area contributed by atoms with Gasteiger partial charge in [0.05, 0.1) is 6.61 Å². The molecule has 0 bridgehead atoms. The van der Waals surface area contributed by atoms with Crippen LogP contribution in [0.25, 0.3) is 0 Å². The Bertz CT molecular complexity index is 178. The highest BCUT2D eigenvalue weighted by Crippen LogP contribution is 2.26. The van der Waals surface area contributed by atoms with Crippen molar-refractivity contribution in [1.82, 2.24) is 0 Å². The Morgan fingerprint density at radius 3 is 2.15 bits per heavy atom. The van der Waals surface area contributed by atoms with E-state index in [2.05, 4.69) is 4.74 Å². The van der Waals surface area contributed by atoms with E-state index in [1.54, 1.807) is 0 Å². The molecule has 0 aromatic carbocycles.